The minimum atomic E-state index is -3.59. The maximum atomic E-state index is 12.4. The van der Waals surface area contributed by atoms with E-state index in [2.05, 4.69) is 15.1 Å². The summed E-state index contributed by atoms with van der Waals surface area (Å²) in [5, 5.41) is 4.07. The number of ether oxygens (including phenoxy) is 1. The van der Waals surface area contributed by atoms with Gasteiger partial charge in [-0.05, 0) is 34.6 Å². The second kappa shape index (κ2) is 6.87. The van der Waals surface area contributed by atoms with Gasteiger partial charge in [-0.3, -0.25) is 0 Å². The molecule has 11 heteroatoms. The highest BCUT2D eigenvalue weighted by Crippen LogP contribution is 2.23. The first-order chi connectivity index (χ1) is 12.9. The Kier molecular flexibility index (Phi) is 4.98. The van der Waals surface area contributed by atoms with Crippen LogP contribution >= 0.6 is 0 Å². The van der Waals surface area contributed by atoms with Crippen molar-refractivity contribution < 1.29 is 17.9 Å². The van der Waals surface area contributed by atoms with Crippen LogP contribution in [0.5, 0.6) is 0 Å². The molecule has 0 unspecified atom stereocenters. The van der Waals surface area contributed by atoms with Gasteiger partial charge in [0.25, 0.3) is 5.16 Å². The van der Waals surface area contributed by atoms with Gasteiger partial charge in [-0.2, -0.15) is 19.6 Å². The number of sulfone groups is 1. The molecule has 0 N–H and O–H groups in total. The number of hydrogen-bond donors (Lipinski definition) is 0. The summed E-state index contributed by atoms with van der Waals surface area (Å²) in [6, 6.07) is -0.115. The third kappa shape index (κ3) is 4.03. The van der Waals surface area contributed by atoms with Gasteiger partial charge >= 0.3 is 6.09 Å². The van der Waals surface area contributed by atoms with Crippen molar-refractivity contribution in [2.75, 3.05) is 30.8 Å². The highest BCUT2D eigenvalue weighted by atomic mass is 32.2. The number of hydrogen-bond acceptors (Lipinski definition) is 8. The number of amides is 1. The third-order valence-electron chi connectivity index (χ3n) is 4.37. The number of piperazine rings is 1. The molecule has 0 radical (unpaired) electrons. The number of rotatable bonds is 2. The van der Waals surface area contributed by atoms with E-state index in [9.17, 15) is 13.2 Å². The Bertz CT molecular complexity index is 1010. The average molecular weight is 411 g/mol. The molecule has 28 heavy (non-hydrogen) atoms. The van der Waals surface area contributed by atoms with Crippen LogP contribution in [-0.2, 0) is 14.6 Å². The topological polar surface area (TPSA) is 110 Å². The predicted molar refractivity (Wildman–Crippen MR) is 103 cm³/mol. The molecule has 1 amide bonds. The molecule has 2 aromatic rings. The smallest absolute Gasteiger partial charge is 0.410 e. The second-order valence-electron chi connectivity index (χ2n) is 8.11. The van der Waals surface area contributed by atoms with Gasteiger partial charge in [0.15, 0.2) is 5.65 Å². The first-order valence-electron chi connectivity index (χ1n) is 9.04. The van der Waals surface area contributed by atoms with Crippen LogP contribution in [0, 0.1) is 6.92 Å². The molecule has 2 aromatic heterocycles. The first kappa shape index (κ1) is 20.3. The lowest BCUT2D eigenvalue weighted by Gasteiger charge is -2.40. The van der Waals surface area contributed by atoms with Crippen molar-refractivity contribution in [2.24, 2.45) is 0 Å². The lowest BCUT2D eigenvalue weighted by atomic mass is 10.2. The highest BCUT2D eigenvalue weighted by Gasteiger charge is 2.32. The molecule has 0 saturated carbocycles. The van der Waals surface area contributed by atoms with Crippen molar-refractivity contribution >= 4 is 27.5 Å². The van der Waals surface area contributed by atoms with E-state index >= 15 is 0 Å². The Morgan fingerprint density at radius 2 is 1.93 bits per heavy atom. The Labute approximate surface area is 164 Å². The molecule has 0 aliphatic carbocycles. The van der Waals surface area contributed by atoms with Crippen LogP contribution in [0.3, 0.4) is 0 Å². The molecular formula is C17H26N6O4S. The van der Waals surface area contributed by atoms with E-state index in [0.29, 0.717) is 31.2 Å². The number of aryl methyl sites for hydroxylation is 1. The Balaban J connectivity index is 1.93. The molecule has 10 nitrogen and oxygen atoms in total. The van der Waals surface area contributed by atoms with Crippen molar-refractivity contribution in [3.05, 3.63) is 11.8 Å². The summed E-state index contributed by atoms with van der Waals surface area (Å²) in [5.41, 5.74) is 0.647. The molecule has 1 aliphatic rings. The molecule has 154 valence electrons. The number of carbonyl (C=O) groups is 1. The lowest BCUT2D eigenvalue weighted by Crippen LogP contribution is -2.55. The van der Waals surface area contributed by atoms with E-state index < -0.39 is 15.4 Å². The molecule has 1 saturated heterocycles. The van der Waals surface area contributed by atoms with Crippen molar-refractivity contribution in [3.8, 4) is 0 Å². The Morgan fingerprint density at radius 3 is 2.50 bits per heavy atom. The predicted octanol–water partition coefficient (Wildman–Crippen LogP) is 1.28. The molecule has 3 heterocycles. The molecule has 1 fully saturated rings. The van der Waals surface area contributed by atoms with E-state index in [1.165, 1.54) is 0 Å². The van der Waals surface area contributed by atoms with Gasteiger partial charge in [-0.15, -0.1) is 0 Å². The second-order valence-corrected chi connectivity index (χ2v) is 10.0. The first-order valence-corrected chi connectivity index (χ1v) is 10.9. The Morgan fingerprint density at radius 1 is 1.25 bits per heavy atom. The van der Waals surface area contributed by atoms with Gasteiger partial charge < -0.3 is 14.5 Å². The van der Waals surface area contributed by atoms with E-state index in [0.717, 1.165) is 11.8 Å². The number of carbonyl (C=O) groups excluding carboxylic acids is 1. The van der Waals surface area contributed by atoms with Crippen LogP contribution in [0.4, 0.5) is 10.7 Å². The van der Waals surface area contributed by atoms with Crippen molar-refractivity contribution in [1.29, 1.82) is 0 Å². The quantitative estimate of drug-likeness (QED) is 0.728. The number of aromatic nitrogens is 4. The van der Waals surface area contributed by atoms with E-state index in [1.807, 2.05) is 39.5 Å². The van der Waals surface area contributed by atoms with E-state index in [-0.39, 0.29) is 17.3 Å². The summed E-state index contributed by atoms with van der Waals surface area (Å²) in [6.45, 7) is 10.6. The maximum absolute atomic E-state index is 12.4. The normalized spacial score (nSPS) is 18.6. The van der Waals surface area contributed by atoms with Crippen LogP contribution in [-0.4, -0.2) is 76.5 Å². The average Bonchev–Trinajstić information content (AvgIpc) is 2.93. The minimum absolute atomic E-state index is 0.115. The SMILES string of the molecule is Cc1cnn2c(N3CCN(C(=O)OC(C)(C)C)C[C@@H]3C)nc(S(C)(=O)=O)nc12. The fraction of sp³-hybridized carbons (Fsp3) is 0.647. The van der Waals surface area contributed by atoms with Gasteiger partial charge in [-0.25, -0.2) is 13.2 Å². The molecule has 3 rings (SSSR count). The Hall–Kier alpha value is -2.43. The maximum Gasteiger partial charge on any atom is 0.410 e. The van der Waals surface area contributed by atoms with Gasteiger partial charge in [0.1, 0.15) is 5.60 Å². The molecule has 1 atom stereocenters. The van der Waals surface area contributed by atoms with E-state index in [4.69, 9.17) is 4.74 Å². The number of fused-ring (bicyclic) bond motifs is 1. The largest absolute Gasteiger partial charge is 0.444 e. The molecule has 0 aromatic carbocycles. The van der Waals surface area contributed by atoms with Crippen molar-refractivity contribution in [2.45, 2.75) is 51.4 Å². The van der Waals surface area contributed by atoms with Gasteiger partial charge in [0.05, 0.1) is 6.20 Å². The van der Waals surface area contributed by atoms with Gasteiger partial charge in [0, 0.05) is 37.5 Å². The summed E-state index contributed by atoms with van der Waals surface area (Å²) in [7, 11) is -3.59. The zero-order valence-electron chi connectivity index (χ0n) is 17.0. The number of anilines is 1. The van der Waals surface area contributed by atoms with Crippen molar-refractivity contribution in [1.82, 2.24) is 24.5 Å². The van der Waals surface area contributed by atoms with E-state index in [1.54, 1.807) is 15.6 Å². The summed E-state index contributed by atoms with van der Waals surface area (Å²) in [6.07, 6.45) is 2.35. The minimum Gasteiger partial charge on any atom is -0.444 e. The van der Waals surface area contributed by atoms with Crippen LogP contribution < -0.4 is 4.90 Å². The molecule has 1 aliphatic heterocycles. The monoisotopic (exact) mass is 410 g/mol. The van der Waals surface area contributed by atoms with Crippen LogP contribution in [0.1, 0.15) is 33.3 Å². The van der Waals surface area contributed by atoms with Gasteiger partial charge in [0.2, 0.25) is 15.8 Å². The third-order valence-corrected chi connectivity index (χ3v) is 5.22. The standard InChI is InChI=1S/C17H26N6O4S/c1-11-9-18-23-13(11)19-14(28(6,25)26)20-15(23)22-8-7-21(10-12(22)2)16(24)27-17(3,4)5/h9,12H,7-8,10H2,1-6H3/t12-/m0/s1. The fourth-order valence-electron chi connectivity index (χ4n) is 3.05. The highest BCUT2D eigenvalue weighted by molar-refractivity contribution is 7.90. The zero-order valence-corrected chi connectivity index (χ0v) is 17.8. The van der Waals surface area contributed by atoms with Gasteiger partial charge in [-0.1, -0.05) is 0 Å². The van der Waals surface area contributed by atoms with Crippen LogP contribution in [0.25, 0.3) is 5.65 Å². The van der Waals surface area contributed by atoms with Crippen LogP contribution in [0.2, 0.25) is 0 Å². The summed E-state index contributed by atoms with van der Waals surface area (Å²) >= 11 is 0. The number of nitrogens with zero attached hydrogens (tertiary/aromatic N) is 6. The van der Waals surface area contributed by atoms with Crippen LogP contribution in [0.15, 0.2) is 11.4 Å². The molecular weight excluding hydrogens is 384 g/mol. The summed E-state index contributed by atoms with van der Waals surface area (Å²) in [4.78, 5) is 24.4. The zero-order chi connectivity index (χ0) is 20.9. The van der Waals surface area contributed by atoms with Crippen molar-refractivity contribution in [3.63, 3.8) is 0 Å². The molecule has 0 bridgehead atoms. The fourth-order valence-corrected chi connectivity index (χ4v) is 3.55. The molecule has 0 spiro atoms. The summed E-state index contributed by atoms with van der Waals surface area (Å²) in [5.74, 6) is 0.398. The lowest BCUT2D eigenvalue weighted by molar-refractivity contribution is 0.0217. The summed E-state index contributed by atoms with van der Waals surface area (Å²) < 4.78 is 31.1.